The Morgan fingerprint density at radius 2 is 1.63 bits per heavy atom. The van der Waals surface area contributed by atoms with Crippen LogP contribution in [0.25, 0.3) is 11.1 Å². The highest BCUT2D eigenvalue weighted by atomic mass is 19.4. The summed E-state index contributed by atoms with van der Waals surface area (Å²) in [5.41, 5.74) is -2.51. The van der Waals surface area contributed by atoms with E-state index in [0.717, 1.165) is 48.7 Å². The van der Waals surface area contributed by atoms with Gasteiger partial charge in [-0.05, 0) is 54.4 Å². The van der Waals surface area contributed by atoms with Crippen molar-refractivity contribution in [3.8, 4) is 11.1 Å². The number of alkyl halides is 6. The number of amides is 1. The number of aromatic amines is 1. The summed E-state index contributed by atoms with van der Waals surface area (Å²) in [6, 6.07) is 5.93. The molecule has 3 rings (SSSR count). The number of H-pyrrole nitrogens is 1. The van der Waals surface area contributed by atoms with Crippen molar-refractivity contribution in [2.45, 2.75) is 31.4 Å². The number of aromatic nitrogens is 1. The lowest BCUT2D eigenvalue weighted by Gasteiger charge is -2.18. The smallest absolute Gasteiger partial charge is 0.379 e. The molecule has 0 aliphatic rings. The van der Waals surface area contributed by atoms with Crippen molar-refractivity contribution >= 4 is 5.91 Å². The number of carbonyl (C=O) groups excluding carboxylic acids is 1. The van der Waals surface area contributed by atoms with E-state index in [0.29, 0.717) is 6.07 Å². The number of carbonyl (C=O) groups is 1. The van der Waals surface area contributed by atoms with Crippen LogP contribution in [0, 0.1) is 11.6 Å². The van der Waals surface area contributed by atoms with Crippen molar-refractivity contribution in [3.05, 3.63) is 88.7 Å². The molecular formula is C23H17F8N2O2+. The van der Waals surface area contributed by atoms with Crippen molar-refractivity contribution in [2.75, 3.05) is 0 Å². The van der Waals surface area contributed by atoms with Crippen molar-refractivity contribution in [1.29, 1.82) is 0 Å². The van der Waals surface area contributed by atoms with E-state index in [1.807, 2.05) is 4.98 Å². The van der Waals surface area contributed by atoms with Gasteiger partial charge in [-0.2, -0.15) is 26.3 Å². The van der Waals surface area contributed by atoms with E-state index < -0.39 is 58.9 Å². The number of aliphatic hydroxyl groups excluding tert-OH is 1. The van der Waals surface area contributed by atoms with Gasteiger partial charge in [0.05, 0.1) is 6.04 Å². The van der Waals surface area contributed by atoms with Gasteiger partial charge in [0.1, 0.15) is 11.6 Å². The zero-order valence-electron chi connectivity index (χ0n) is 17.7. The number of hydrogen-bond donors (Lipinski definition) is 2. The monoisotopic (exact) mass is 505 g/mol. The summed E-state index contributed by atoms with van der Waals surface area (Å²) in [4.78, 5) is 14.8. The fourth-order valence-corrected chi connectivity index (χ4v) is 3.25. The molecule has 1 aromatic heterocycles. The molecule has 3 aromatic rings. The predicted molar refractivity (Wildman–Crippen MR) is 107 cm³/mol. The molecule has 2 atom stereocenters. The van der Waals surface area contributed by atoms with Crippen LogP contribution in [0.5, 0.6) is 0 Å². The highest BCUT2D eigenvalue weighted by Crippen LogP contribution is 2.36. The predicted octanol–water partition coefficient (Wildman–Crippen LogP) is 5.55. The molecule has 0 fully saturated rings. The Hall–Kier alpha value is -3.54. The lowest BCUT2D eigenvalue weighted by atomic mass is 9.96. The number of pyridine rings is 1. The molecule has 12 heteroatoms. The molecule has 1 amide bonds. The minimum atomic E-state index is -5.10. The Kier molecular flexibility index (Phi) is 7.16. The van der Waals surface area contributed by atoms with Crippen molar-refractivity contribution < 1.29 is 50.0 Å². The summed E-state index contributed by atoms with van der Waals surface area (Å²) in [6.07, 6.45) is -11.7. The fourth-order valence-electron chi connectivity index (χ4n) is 3.25. The first-order valence-electron chi connectivity index (χ1n) is 9.91. The first-order chi connectivity index (χ1) is 16.2. The lowest BCUT2D eigenvalue weighted by molar-refractivity contribution is -0.426. The van der Waals surface area contributed by atoms with Crippen molar-refractivity contribution in [2.24, 2.45) is 0 Å². The fraction of sp³-hybridized carbons (Fsp3) is 0.217. The molecule has 3 N–H and O–H groups in total. The van der Waals surface area contributed by atoms with Gasteiger partial charge in [-0.15, -0.1) is 0 Å². The van der Waals surface area contributed by atoms with Gasteiger partial charge < -0.3 is 10.4 Å². The number of halogens is 8. The summed E-state index contributed by atoms with van der Waals surface area (Å²) < 4.78 is 105. The second kappa shape index (κ2) is 9.61. The Morgan fingerprint density at radius 1 is 0.943 bits per heavy atom. The third-order valence-electron chi connectivity index (χ3n) is 5.08. The van der Waals surface area contributed by atoms with E-state index in [2.05, 4.69) is 5.32 Å². The quantitative estimate of drug-likeness (QED) is 0.447. The largest absolute Gasteiger partial charge is 0.477 e. The molecule has 0 saturated heterocycles. The molecule has 1 unspecified atom stereocenters. The minimum Gasteiger partial charge on any atom is -0.379 e. The van der Waals surface area contributed by atoms with E-state index in [1.165, 1.54) is 6.92 Å². The molecule has 0 aliphatic heterocycles. The Balaban J connectivity index is 1.97. The van der Waals surface area contributed by atoms with Gasteiger partial charge >= 0.3 is 12.4 Å². The van der Waals surface area contributed by atoms with Crippen LogP contribution in [0.4, 0.5) is 35.1 Å². The Labute approximate surface area is 193 Å². The van der Waals surface area contributed by atoms with Gasteiger partial charge in [-0.25, -0.2) is 13.8 Å². The number of nitrogens with one attached hydrogen (secondary N) is 2. The standard InChI is InChI=1S/C23H16F8N2O2/c1-11(12-2-5-19(32-10-12)22(26,27)28)33-21(35)15-7-13(17-4-3-16(24)9-18(17)25)6-14(8-15)20(34)23(29,30)31/h2-11,20,34H,1H3,(H,33,35)/p+1/t11-,20?/m1/s1. The lowest BCUT2D eigenvalue weighted by Crippen LogP contribution is -2.29. The van der Waals surface area contributed by atoms with Gasteiger partial charge in [0.25, 0.3) is 11.6 Å². The zero-order chi connectivity index (χ0) is 26.1. The zero-order valence-corrected chi connectivity index (χ0v) is 17.7. The van der Waals surface area contributed by atoms with Gasteiger partial charge in [-0.1, -0.05) is 0 Å². The number of aliphatic hydroxyl groups is 1. The first kappa shape index (κ1) is 26.1. The molecule has 186 valence electrons. The van der Waals surface area contributed by atoms with E-state index in [1.54, 1.807) is 0 Å². The van der Waals surface area contributed by atoms with E-state index in [-0.39, 0.29) is 16.7 Å². The summed E-state index contributed by atoms with van der Waals surface area (Å²) in [5.74, 6) is -2.99. The normalized spacial score (nSPS) is 13.9. The van der Waals surface area contributed by atoms with Gasteiger partial charge in [-0.3, -0.25) is 4.79 Å². The molecule has 1 heterocycles. The highest BCUT2D eigenvalue weighted by Gasteiger charge is 2.40. The molecule has 2 aromatic carbocycles. The van der Waals surface area contributed by atoms with E-state index in [9.17, 15) is 45.0 Å². The molecule has 0 saturated carbocycles. The molecular weight excluding hydrogens is 488 g/mol. The number of rotatable bonds is 5. The molecule has 35 heavy (non-hydrogen) atoms. The maximum Gasteiger partial charge on any atom is 0.477 e. The molecule has 4 nitrogen and oxygen atoms in total. The van der Waals surface area contributed by atoms with Crippen LogP contribution in [-0.4, -0.2) is 17.2 Å². The van der Waals surface area contributed by atoms with Crippen LogP contribution < -0.4 is 10.3 Å². The average molecular weight is 505 g/mol. The molecule has 0 spiro atoms. The van der Waals surface area contributed by atoms with Crippen molar-refractivity contribution in [3.63, 3.8) is 0 Å². The van der Waals surface area contributed by atoms with Crippen molar-refractivity contribution in [1.82, 2.24) is 5.32 Å². The first-order valence-corrected chi connectivity index (χ1v) is 9.91. The van der Waals surface area contributed by atoms with Crippen LogP contribution in [-0.2, 0) is 6.18 Å². The second-order valence-electron chi connectivity index (χ2n) is 7.64. The van der Waals surface area contributed by atoms with Crippen LogP contribution in [0.3, 0.4) is 0 Å². The number of benzene rings is 2. The summed E-state index contributed by atoms with van der Waals surface area (Å²) in [5, 5.41) is 12.1. The third-order valence-corrected chi connectivity index (χ3v) is 5.08. The Bertz CT molecular complexity index is 1220. The van der Waals surface area contributed by atoms with Crippen LogP contribution in [0.15, 0.2) is 54.7 Å². The van der Waals surface area contributed by atoms with Crippen LogP contribution in [0.1, 0.15) is 46.2 Å². The highest BCUT2D eigenvalue weighted by molar-refractivity contribution is 5.96. The van der Waals surface area contributed by atoms with Gasteiger partial charge in [0, 0.05) is 28.8 Å². The van der Waals surface area contributed by atoms with Gasteiger partial charge in [0.2, 0.25) is 0 Å². The topological polar surface area (TPSA) is 63.5 Å². The summed E-state index contributed by atoms with van der Waals surface area (Å²) in [6.45, 7) is 1.42. The maximum absolute atomic E-state index is 14.3. The molecule has 0 radical (unpaired) electrons. The number of hydrogen-bond acceptors (Lipinski definition) is 2. The molecule has 0 bridgehead atoms. The minimum absolute atomic E-state index is 0.225. The summed E-state index contributed by atoms with van der Waals surface area (Å²) >= 11 is 0. The van der Waals surface area contributed by atoms with E-state index in [4.69, 9.17) is 0 Å². The maximum atomic E-state index is 14.3. The van der Waals surface area contributed by atoms with Crippen LogP contribution in [0.2, 0.25) is 0 Å². The second-order valence-corrected chi connectivity index (χ2v) is 7.64. The molecule has 0 aliphatic carbocycles. The van der Waals surface area contributed by atoms with E-state index >= 15 is 0 Å². The summed E-state index contributed by atoms with van der Waals surface area (Å²) in [7, 11) is 0. The average Bonchev–Trinajstić information content (AvgIpc) is 2.77. The van der Waals surface area contributed by atoms with Gasteiger partial charge in [0.15, 0.2) is 12.3 Å². The Morgan fingerprint density at radius 3 is 2.17 bits per heavy atom. The van der Waals surface area contributed by atoms with Crippen LogP contribution >= 0.6 is 0 Å². The third kappa shape index (κ3) is 6.13. The SMILES string of the molecule is C[C@@H](NC(=O)c1cc(-c2ccc(F)cc2F)cc(C(O)C(F)(F)F)c1)c1ccc(C(F)(F)F)[nH+]c1.